The van der Waals surface area contributed by atoms with E-state index in [1.165, 1.54) is 19.2 Å². The molecule has 3 aromatic rings. The number of rotatable bonds is 6. The Morgan fingerprint density at radius 1 is 0.963 bits per heavy atom. The summed E-state index contributed by atoms with van der Waals surface area (Å²) in [7, 11) is 0. The van der Waals surface area contributed by atoms with Crippen LogP contribution in [-0.2, 0) is 6.54 Å². The number of halogens is 1. The van der Waals surface area contributed by atoms with E-state index in [0.717, 1.165) is 5.69 Å². The predicted molar refractivity (Wildman–Crippen MR) is 102 cm³/mol. The minimum absolute atomic E-state index is 0.00302. The lowest BCUT2D eigenvalue weighted by Gasteiger charge is -2.09. The van der Waals surface area contributed by atoms with Crippen LogP contribution in [0.15, 0.2) is 67.0 Å². The van der Waals surface area contributed by atoms with Gasteiger partial charge in [-0.05, 0) is 43.3 Å². The maximum atomic E-state index is 13.6. The second-order valence-corrected chi connectivity index (χ2v) is 5.99. The van der Waals surface area contributed by atoms with Crippen molar-refractivity contribution in [2.75, 3.05) is 5.32 Å². The van der Waals surface area contributed by atoms with E-state index in [1.54, 1.807) is 54.7 Å². The maximum absolute atomic E-state index is 13.6. The molecule has 0 aliphatic heterocycles. The molecule has 5 nitrogen and oxygen atoms in total. The van der Waals surface area contributed by atoms with Crippen LogP contribution in [0, 0.1) is 5.82 Å². The van der Waals surface area contributed by atoms with Crippen molar-refractivity contribution in [3.05, 3.63) is 89.5 Å². The summed E-state index contributed by atoms with van der Waals surface area (Å²) >= 11 is 0. The Labute approximate surface area is 156 Å². The molecule has 0 radical (unpaired) electrons. The highest BCUT2D eigenvalue weighted by Crippen LogP contribution is 2.18. The summed E-state index contributed by atoms with van der Waals surface area (Å²) < 4.78 is 13.6. The second kappa shape index (κ2) is 8.23. The molecule has 1 aromatic heterocycles. The molecule has 0 saturated carbocycles. The van der Waals surface area contributed by atoms with Crippen LogP contribution in [0.4, 0.5) is 15.8 Å². The quantitative estimate of drug-likeness (QED) is 0.647. The van der Waals surface area contributed by atoms with Gasteiger partial charge in [-0.25, -0.2) is 4.39 Å². The third-order valence-corrected chi connectivity index (χ3v) is 3.98. The monoisotopic (exact) mass is 363 g/mol. The summed E-state index contributed by atoms with van der Waals surface area (Å²) in [4.78, 5) is 27.7. The Hall–Kier alpha value is -3.54. The molecule has 3 rings (SSSR count). The maximum Gasteiger partial charge on any atom is 0.253 e. The van der Waals surface area contributed by atoms with E-state index in [4.69, 9.17) is 0 Å². The second-order valence-electron chi connectivity index (χ2n) is 5.99. The number of pyridine rings is 1. The Bertz CT molecular complexity index is 971. The number of nitrogens with one attached hydrogen (secondary N) is 2. The first-order chi connectivity index (χ1) is 13.0. The fourth-order valence-corrected chi connectivity index (χ4v) is 2.51. The van der Waals surface area contributed by atoms with Gasteiger partial charge in [-0.15, -0.1) is 0 Å². The normalized spacial score (nSPS) is 10.3. The van der Waals surface area contributed by atoms with Crippen LogP contribution in [0.3, 0.4) is 0 Å². The minimum atomic E-state index is -0.361. The van der Waals surface area contributed by atoms with Gasteiger partial charge in [0.2, 0.25) is 0 Å². The van der Waals surface area contributed by atoms with Gasteiger partial charge < -0.3 is 10.6 Å². The third-order valence-electron chi connectivity index (χ3n) is 3.98. The van der Waals surface area contributed by atoms with E-state index >= 15 is 0 Å². The Balaban J connectivity index is 1.66. The summed E-state index contributed by atoms with van der Waals surface area (Å²) in [5.41, 5.74) is 2.80. The fraction of sp³-hybridized carbons (Fsp3) is 0.0952. The van der Waals surface area contributed by atoms with Crippen molar-refractivity contribution in [2.45, 2.75) is 13.5 Å². The molecule has 0 bridgehead atoms. The Kier molecular flexibility index (Phi) is 5.56. The fourth-order valence-electron chi connectivity index (χ4n) is 2.51. The lowest BCUT2D eigenvalue weighted by Crippen LogP contribution is -2.23. The van der Waals surface area contributed by atoms with Crippen molar-refractivity contribution in [3.63, 3.8) is 0 Å². The summed E-state index contributed by atoms with van der Waals surface area (Å²) in [5, 5.41) is 5.82. The molecule has 2 aromatic carbocycles. The smallest absolute Gasteiger partial charge is 0.253 e. The number of nitrogens with zero attached hydrogens (tertiary/aromatic N) is 1. The van der Waals surface area contributed by atoms with Crippen LogP contribution >= 0.6 is 0 Å². The molecule has 0 atom stereocenters. The van der Waals surface area contributed by atoms with Gasteiger partial charge >= 0.3 is 0 Å². The van der Waals surface area contributed by atoms with Crippen LogP contribution in [0.1, 0.15) is 33.2 Å². The van der Waals surface area contributed by atoms with Gasteiger partial charge in [-0.1, -0.05) is 18.2 Å². The molecule has 6 heteroatoms. The molecule has 0 spiro atoms. The van der Waals surface area contributed by atoms with Crippen molar-refractivity contribution in [1.29, 1.82) is 0 Å². The third kappa shape index (κ3) is 4.76. The molecule has 0 saturated heterocycles. The topological polar surface area (TPSA) is 71.1 Å². The number of carbonyl (C=O) groups excluding carboxylic acids is 2. The summed E-state index contributed by atoms with van der Waals surface area (Å²) in [6, 6.07) is 15.0. The van der Waals surface area contributed by atoms with E-state index in [1.807, 2.05) is 0 Å². The molecule has 0 unspecified atom stereocenters. The van der Waals surface area contributed by atoms with Gasteiger partial charge in [0.25, 0.3) is 5.91 Å². The van der Waals surface area contributed by atoms with Gasteiger partial charge in [0.05, 0.1) is 17.4 Å². The Morgan fingerprint density at radius 3 is 2.41 bits per heavy atom. The molecule has 27 heavy (non-hydrogen) atoms. The zero-order valence-electron chi connectivity index (χ0n) is 14.7. The van der Waals surface area contributed by atoms with Gasteiger partial charge in [-0.3, -0.25) is 14.6 Å². The van der Waals surface area contributed by atoms with Crippen molar-refractivity contribution in [3.8, 4) is 0 Å². The molecule has 0 aliphatic carbocycles. The number of hydrogen-bond donors (Lipinski definition) is 2. The highest BCUT2D eigenvalue weighted by molar-refractivity contribution is 5.95. The SMILES string of the molecule is CC(=O)c1ccc(Nc2cncc(C(=O)NCc3ccccc3F)c2)cc1. The lowest BCUT2D eigenvalue weighted by atomic mass is 10.1. The van der Waals surface area contributed by atoms with Crippen LogP contribution in [0.25, 0.3) is 0 Å². The number of carbonyl (C=O) groups is 2. The van der Waals surface area contributed by atoms with Gasteiger partial charge in [0.1, 0.15) is 5.82 Å². The van der Waals surface area contributed by atoms with Crippen LogP contribution < -0.4 is 10.6 Å². The number of amides is 1. The highest BCUT2D eigenvalue weighted by Gasteiger charge is 2.09. The number of Topliss-reactive ketones (excluding diaryl/α,β-unsaturated/α-hetero) is 1. The summed E-state index contributed by atoms with van der Waals surface area (Å²) in [6.07, 6.45) is 3.03. The number of aromatic nitrogens is 1. The predicted octanol–water partition coefficient (Wildman–Crippen LogP) is 4.10. The molecule has 0 fully saturated rings. The highest BCUT2D eigenvalue weighted by atomic mass is 19.1. The van der Waals surface area contributed by atoms with E-state index in [0.29, 0.717) is 22.4 Å². The number of benzene rings is 2. The molecular weight excluding hydrogens is 345 g/mol. The van der Waals surface area contributed by atoms with Crippen LogP contribution in [0.5, 0.6) is 0 Å². The van der Waals surface area contributed by atoms with E-state index in [9.17, 15) is 14.0 Å². The largest absolute Gasteiger partial charge is 0.354 e. The molecule has 1 heterocycles. The molecule has 2 N–H and O–H groups in total. The Morgan fingerprint density at radius 2 is 1.70 bits per heavy atom. The van der Waals surface area contributed by atoms with Crippen molar-refractivity contribution >= 4 is 23.1 Å². The van der Waals surface area contributed by atoms with Crippen LogP contribution in [-0.4, -0.2) is 16.7 Å². The van der Waals surface area contributed by atoms with E-state index in [2.05, 4.69) is 15.6 Å². The first-order valence-corrected chi connectivity index (χ1v) is 8.37. The van der Waals surface area contributed by atoms with E-state index < -0.39 is 0 Å². The van der Waals surface area contributed by atoms with Crippen molar-refractivity contribution in [1.82, 2.24) is 10.3 Å². The number of hydrogen-bond acceptors (Lipinski definition) is 4. The zero-order chi connectivity index (χ0) is 19.2. The van der Waals surface area contributed by atoms with Gasteiger partial charge in [-0.2, -0.15) is 0 Å². The van der Waals surface area contributed by atoms with Crippen molar-refractivity contribution < 1.29 is 14.0 Å². The van der Waals surface area contributed by atoms with Gasteiger partial charge in [0, 0.05) is 29.6 Å². The minimum Gasteiger partial charge on any atom is -0.354 e. The summed E-state index contributed by atoms with van der Waals surface area (Å²) in [6.45, 7) is 1.60. The van der Waals surface area contributed by atoms with Crippen LogP contribution in [0.2, 0.25) is 0 Å². The average molecular weight is 363 g/mol. The summed E-state index contributed by atoms with van der Waals surface area (Å²) in [5.74, 6) is -0.710. The average Bonchev–Trinajstić information content (AvgIpc) is 2.68. The standard InChI is InChI=1S/C21H18FN3O2/c1-14(26)15-6-8-18(9-7-15)25-19-10-17(11-23-13-19)21(27)24-12-16-4-2-3-5-20(16)22/h2-11,13,25H,12H2,1H3,(H,24,27). The first kappa shape index (κ1) is 18.3. The number of ketones is 1. The number of anilines is 2. The first-order valence-electron chi connectivity index (χ1n) is 8.37. The zero-order valence-corrected chi connectivity index (χ0v) is 14.7. The molecule has 0 aliphatic rings. The van der Waals surface area contributed by atoms with E-state index in [-0.39, 0.29) is 24.1 Å². The van der Waals surface area contributed by atoms with Gasteiger partial charge in [0.15, 0.2) is 5.78 Å². The molecule has 136 valence electrons. The molecule has 1 amide bonds. The lowest BCUT2D eigenvalue weighted by molar-refractivity contribution is 0.0949. The van der Waals surface area contributed by atoms with Crippen molar-refractivity contribution in [2.24, 2.45) is 0 Å². The molecular formula is C21H18FN3O2.